The van der Waals surface area contributed by atoms with E-state index in [4.69, 9.17) is 11.7 Å². The molecule has 14 heavy (non-hydrogen) atoms. The molecule has 1 heterocycles. The Bertz CT molecular complexity index is 490. The number of carbonyl (C=O) groups excluding carboxylic acids is 1. The first-order valence-electron chi connectivity index (χ1n) is 4.00. The number of rotatable bonds is 1. The molecule has 2 aromatic rings. The van der Waals surface area contributed by atoms with Crippen LogP contribution in [0.15, 0.2) is 30.3 Å². The van der Waals surface area contributed by atoms with Gasteiger partial charge in [0.2, 0.25) is 0 Å². The van der Waals surface area contributed by atoms with E-state index in [1.165, 1.54) is 4.68 Å². The third-order valence-electron chi connectivity index (χ3n) is 2.06. The van der Waals surface area contributed by atoms with Crippen molar-refractivity contribution in [3.63, 3.8) is 0 Å². The smallest absolute Gasteiger partial charge is 0.368 e. The minimum Gasteiger partial charge on any atom is -0.368 e. The van der Waals surface area contributed by atoms with E-state index in [1.807, 2.05) is 24.3 Å². The molecule has 2 rings (SSSR count). The molecule has 5 nitrogen and oxygen atoms in total. The molecule has 0 atom stereocenters. The van der Waals surface area contributed by atoms with E-state index in [0.717, 1.165) is 10.9 Å². The van der Waals surface area contributed by atoms with Crippen molar-refractivity contribution in [3.8, 4) is 0 Å². The molecule has 0 bridgehead atoms. The van der Waals surface area contributed by atoms with Gasteiger partial charge in [0.05, 0.1) is 5.52 Å². The predicted octanol–water partition coefficient (Wildman–Crippen LogP) is 0.386. The van der Waals surface area contributed by atoms with Gasteiger partial charge in [0, 0.05) is 5.39 Å². The summed E-state index contributed by atoms with van der Waals surface area (Å²) in [6.07, 6.45) is 0. The molecule has 0 radical (unpaired) electrons. The van der Waals surface area contributed by atoms with Gasteiger partial charge < -0.3 is 10.7 Å². The molecule has 72 valence electrons. The fourth-order valence-electron chi connectivity index (χ4n) is 1.39. The molecule has 0 saturated carbocycles. The van der Waals surface area contributed by atoms with Crippen molar-refractivity contribution >= 4 is 16.9 Å². The third kappa shape index (κ3) is 1.11. The SMILES string of the molecule is NOC(=O)c1cc2ccccc2n1N. The van der Waals surface area contributed by atoms with Gasteiger partial charge in [0.25, 0.3) is 0 Å². The molecule has 0 amide bonds. The fourth-order valence-corrected chi connectivity index (χ4v) is 1.39. The molecule has 4 N–H and O–H groups in total. The summed E-state index contributed by atoms with van der Waals surface area (Å²) in [6, 6.07) is 8.99. The summed E-state index contributed by atoms with van der Waals surface area (Å²) >= 11 is 0. The van der Waals surface area contributed by atoms with E-state index in [2.05, 4.69) is 4.84 Å². The van der Waals surface area contributed by atoms with Crippen LogP contribution in [0.25, 0.3) is 10.9 Å². The van der Waals surface area contributed by atoms with Crippen LogP contribution in [0.1, 0.15) is 10.5 Å². The Morgan fingerprint density at radius 2 is 2.07 bits per heavy atom. The van der Waals surface area contributed by atoms with Crippen LogP contribution in [0.5, 0.6) is 0 Å². The van der Waals surface area contributed by atoms with Crippen LogP contribution >= 0.6 is 0 Å². The Morgan fingerprint density at radius 3 is 2.71 bits per heavy atom. The van der Waals surface area contributed by atoms with Crippen LogP contribution in [0.3, 0.4) is 0 Å². The molecule has 1 aromatic carbocycles. The van der Waals surface area contributed by atoms with E-state index in [9.17, 15) is 4.79 Å². The van der Waals surface area contributed by atoms with Crippen LogP contribution in [0.2, 0.25) is 0 Å². The first-order chi connectivity index (χ1) is 6.74. The summed E-state index contributed by atoms with van der Waals surface area (Å²) in [7, 11) is 0. The number of nitrogens with zero attached hydrogens (tertiary/aromatic N) is 1. The lowest BCUT2D eigenvalue weighted by atomic mass is 10.2. The zero-order valence-electron chi connectivity index (χ0n) is 7.31. The second-order valence-electron chi connectivity index (χ2n) is 2.86. The van der Waals surface area contributed by atoms with Crippen molar-refractivity contribution in [1.82, 2.24) is 4.68 Å². The van der Waals surface area contributed by atoms with Crippen LogP contribution in [-0.2, 0) is 4.84 Å². The van der Waals surface area contributed by atoms with E-state index in [-0.39, 0.29) is 5.69 Å². The standard InChI is InChI=1S/C9H9N3O2/c10-12-7-4-2-1-3-6(7)5-8(12)9(13)14-11/h1-5H,10-11H2. The van der Waals surface area contributed by atoms with Crippen LogP contribution < -0.4 is 11.7 Å². The van der Waals surface area contributed by atoms with E-state index in [1.54, 1.807) is 6.07 Å². The second kappa shape index (κ2) is 3.04. The van der Waals surface area contributed by atoms with Gasteiger partial charge in [0.15, 0.2) is 0 Å². The van der Waals surface area contributed by atoms with Gasteiger partial charge in [-0.05, 0) is 12.1 Å². The van der Waals surface area contributed by atoms with Gasteiger partial charge in [-0.25, -0.2) is 4.79 Å². The second-order valence-corrected chi connectivity index (χ2v) is 2.86. The molecule has 0 saturated heterocycles. The minimum atomic E-state index is -0.649. The zero-order valence-corrected chi connectivity index (χ0v) is 7.31. The van der Waals surface area contributed by atoms with Gasteiger partial charge in [-0.2, -0.15) is 5.90 Å². The monoisotopic (exact) mass is 191 g/mol. The quantitative estimate of drug-likeness (QED) is 0.504. The van der Waals surface area contributed by atoms with Crippen LogP contribution in [0.4, 0.5) is 0 Å². The van der Waals surface area contributed by atoms with Gasteiger partial charge in [-0.1, -0.05) is 18.2 Å². The summed E-state index contributed by atoms with van der Waals surface area (Å²) in [5, 5.41) is 0.871. The average molecular weight is 191 g/mol. The Kier molecular flexibility index (Phi) is 1.86. The lowest BCUT2D eigenvalue weighted by Gasteiger charge is -2.00. The van der Waals surface area contributed by atoms with Crippen LogP contribution in [0, 0.1) is 0 Å². The molecule has 0 spiro atoms. The van der Waals surface area contributed by atoms with E-state index in [0.29, 0.717) is 0 Å². The first kappa shape index (κ1) is 8.58. The van der Waals surface area contributed by atoms with Gasteiger partial charge in [0.1, 0.15) is 5.69 Å². The molecule has 1 aromatic heterocycles. The number of para-hydroxylation sites is 1. The summed E-state index contributed by atoms with van der Waals surface area (Å²) in [6.45, 7) is 0. The lowest BCUT2D eigenvalue weighted by molar-refractivity contribution is 0.0493. The van der Waals surface area contributed by atoms with E-state index >= 15 is 0 Å². The van der Waals surface area contributed by atoms with Crippen LogP contribution in [-0.4, -0.2) is 10.6 Å². The zero-order chi connectivity index (χ0) is 10.1. The average Bonchev–Trinajstić information content (AvgIpc) is 2.56. The number of aromatic nitrogens is 1. The van der Waals surface area contributed by atoms with Gasteiger partial charge in [-0.15, -0.1) is 0 Å². The van der Waals surface area contributed by atoms with Gasteiger partial charge >= 0.3 is 5.97 Å². The highest BCUT2D eigenvalue weighted by Crippen LogP contribution is 2.17. The molecule has 0 fully saturated rings. The summed E-state index contributed by atoms with van der Waals surface area (Å²) < 4.78 is 1.25. The number of carbonyl (C=O) groups is 1. The highest BCUT2D eigenvalue weighted by molar-refractivity contribution is 5.95. The molecular weight excluding hydrogens is 182 g/mol. The van der Waals surface area contributed by atoms with E-state index < -0.39 is 5.97 Å². The molecule has 0 aliphatic heterocycles. The Morgan fingerprint density at radius 1 is 1.36 bits per heavy atom. The first-order valence-corrected chi connectivity index (χ1v) is 4.00. The van der Waals surface area contributed by atoms with Crippen molar-refractivity contribution in [1.29, 1.82) is 0 Å². The van der Waals surface area contributed by atoms with Crippen molar-refractivity contribution in [3.05, 3.63) is 36.0 Å². The summed E-state index contributed by atoms with van der Waals surface area (Å²) in [5.74, 6) is 9.80. The lowest BCUT2D eigenvalue weighted by Crippen LogP contribution is -2.19. The number of hydrogen-bond acceptors (Lipinski definition) is 4. The largest absolute Gasteiger partial charge is 0.375 e. The highest BCUT2D eigenvalue weighted by atomic mass is 16.7. The number of nitrogens with two attached hydrogens (primary N) is 2. The molecular formula is C9H9N3O2. The number of hydrogen-bond donors (Lipinski definition) is 2. The van der Waals surface area contributed by atoms with Gasteiger partial charge in [-0.3, -0.25) is 4.68 Å². The summed E-state index contributed by atoms with van der Waals surface area (Å²) in [4.78, 5) is 15.3. The normalized spacial score (nSPS) is 10.4. The Hall–Kier alpha value is -2.01. The maximum atomic E-state index is 11.2. The molecule has 0 aliphatic carbocycles. The Balaban J connectivity index is 2.68. The molecule has 0 unspecified atom stereocenters. The predicted molar refractivity (Wildman–Crippen MR) is 51.7 cm³/mol. The van der Waals surface area contributed by atoms with Crippen molar-refractivity contribution in [2.45, 2.75) is 0 Å². The number of fused-ring (bicyclic) bond motifs is 1. The molecule has 5 heteroatoms. The third-order valence-corrected chi connectivity index (χ3v) is 2.06. The number of benzene rings is 1. The minimum absolute atomic E-state index is 0.230. The number of nitrogen functional groups attached to an aromatic ring is 1. The van der Waals surface area contributed by atoms with Crippen molar-refractivity contribution in [2.24, 2.45) is 5.90 Å². The maximum Gasteiger partial charge on any atom is 0.375 e. The highest BCUT2D eigenvalue weighted by Gasteiger charge is 2.13. The van der Waals surface area contributed by atoms with Crippen molar-refractivity contribution in [2.75, 3.05) is 5.84 Å². The topological polar surface area (TPSA) is 83.3 Å². The maximum absolute atomic E-state index is 11.2. The summed E-state index contributed by atoms with van der Waals surface area (Å²) in [5.41, 5.74) is 0.988. The molecule has 0 aliphatic rings. The Labute approximate surface area is 79.8 Å². The fraction of sp³-hybridized carbons (Fsp3) is 0. The van der Waals surface area contributed by atoms with Crippen molar-refractivity contribution < 1.29 is 9.63 Å².